The quantitative estimate of drug-likeness (QED) is 0.528. The molecule has 180 valence electrons. The minimum absolute atomic E-state index is 0.0558. The Labute approximate surface area is 202 Å². The third-order valence-electron chi connectivity index (χ3n) is 6.73. The van der Waals surface area contributed by atoms with Gasteiger partial charge >= 0.3 is 0 Å². The maximum atomic E-state index is 13.8. The first kappa shape index (κ1) is 22.8. The molecule has 0 fully saturated rings. The van der Waals surface area contributed by atoms with Crippen LogP contribution < -0.4 is 10.3 Å². The zero-order valence-electron chi connectivity index (χ0n) is 19.6. The molecule has 0 spiro atoms. The molecule has 2 N–H and O–H groups in total. The number of anilines is 1. The number of hydrogen-bond acceptors (Lipinski definition) is 5. The second-order valence-corrected chi connectivity index (χ2v) is 9.09. The number of rotatable bonds is 3. The number of phenols is 1. The Morgan fingerprint density at radius 2 is 1.91 bits per heavy atom. The number of fused-ring (bicyclic) bond motifs is 2. The van der Waals surface area contributed by atoms with Crippen LogP contribution in [0.5, 0.6) is 5.75 Å². The highest BCUT2D eigenvalue weighted by atomic mass is 19.1. The van der Waals surface area contributed by atoms with Crippen molar-refractivity contribution in [2.24, 2.45) is 5.10 Å². The van der Waals surface area contributed by atoms with Crippen LogP contribution in [-0.2, 0) is 12.8 Å². The minimum atomic E-state index is -0.395. The molecule has 3 aromatic rings. The van der Waals surface area contributed by atoms with Gasteiger partial charge in [0.05, 0.1) is 5.71 Å². The molecule has 1 unspecified atom stereocenters. The lowest BCUT2D eigenvalue weighted by Gasteiger charge is -2.34. The molecule has 2 aromatic carbocycles. The molecule has 1 aromatic heterocycles. The molecule has 2 aliphatic rings. The average molecular weight is 476 g/mol. The number of hydrogen-bond donors (Lipinski definition) is 2. The van der Waals surface area contributed by atoms with Gasteiger partial charge in [0.1, 0.15) is 17.3 Å². The highest BCUT2D eigenvalue weighted by molar-refractivity contribution is 6.11. The molecule has 1 aliphatic carbocycles. The van der Waals surface area contributed by atoms with E-state index in [1.807, 2.05) is 13.8 Å². The number of amides is 2. The topological polar surface area (TPSA) is 95.1 Å². The summed E-state index contributed by atoms with van der Waals surface area (Å²) in [6, 6.07) is 10.4. The number of furan rings is 1. The smallest absolute Gasteiger partial charge is 0.294 e. The Morgan fingerprint density at radius 3 is 2.69 bits per heavy atom. The first-order valence-corrected chi connectivity index (χ1v) is 11.7. The minimum Gasteiger partial charge on any atom is -0.508 e. The fourth-order valence-electron chi connectivity index (χ4n) is 4.92. The highest BCUT2D eigenvalue weighted by Crippen LogP contribution is 2.36. The maximum absolute atomic E-state index is 13.8. The van der Waals surface area contributed by atoms with Gasteiger partial charge in [-0.25, -0.2) is 9.82 Å². The molecule has 0 saturated heterocycles. The number of aryl methyl sites for hydroxylation is 2. The number of aromatic hydroxyl groups is 1. The second-order valence-electron chi connectivity index (χ2n) is 9.09. The van der Waals surface area contributed by atoms with Crippen LogP contribution in [0.25, 0.3) is 0 Å². The molecule has 2 amide bonds. The molecule has 0 saturated carbocycles. The Morgan fingerprint density at radius 1 is 1.14 bits per heavy atom. The Kier molecular flexibility index (Phi) is 5.88. The van der Waals surface area contributed by atoms with Gasteiger partial charge < -0.3 is 14.4 Å². The number of carbonyl (C=O) groups is 2. The van der Waals surface area contributed by atoms with Gasteiger partial charge in [0.15, 0.2) is 5.76 Å². The van der Waals surface area contributed by atoms with Crippen molar-refractivity contribution in [1.82, 2.24) is 5.43 Å². The number of halogens is 1. The van der Waals surface area contributed by atoms with E-state index >= 15 is 0 Å². The largest absolute Gasteiger partial charge is 0.508 e. The summed E-state index contributed by atoms with van der Waals surface area (Å²) in [5.74, 6) is 0.0343. The monoisotopic (exact) mass is 475 g/mol. The summed E-state index contributed by atoms with van der Waals surface area (Å²) in [4.78, 5) is 27.9. The van der Waals surface area contributed by atoms with E-state index in [0.717, 1.165) is 24.0 Å². The lowest BCUT2D eigenvalue weighted by atomic mass is 9.92. The van der Waals surface area contributed by atoms with Gasteiger partial charge in [0.2, 0.25) is 0 Å². The van der Waals surface area contributed by atoms with Crippen LogP contribution >= 0.6 is 0 Å². The van der Waals surface area contributed by atoms with Crippen LogP contribution in [0.3, 0.4) is 0 Å². The summed E-state index contributed by atoms with van der Waals surface area (Å²) in [5.41, 5.74) is 6.57. The van der Waals surface area contributed by atoms with Crippen molar-refractivity contribution >= 4 is 23.2 Å². The van der Waals surface area contributed by atoms with E-state index in [9.17, 15) is 19.1 Å². The zero-order chi connectivity index (χ0) is 24.7. The highest BCUT2D eigenvalue weighted by Gasteiger charge is 2.35. The summed E-state index contributed by atoms with van der Waals surface area (Å²) in [7, 11) is 0. The summed E-state index contributed by atoms with van der Waals surface area (Å²) in [6.07, 6.45) is 3.54. The first-order valence-electron chi connectivity index (χ1n) is 11.7. The normalized spacial score (nSPS) is 18.2. The molecule has 1 atom stereocenters. The van der Waals surface area contributed by atoms with Crippen molar-refractivity contribution in [2.75, 3.05) is 4.90 Å². The molecule has 35 heavy (non-hydrogen) atoms. The first-order chi connectivity index (χ1) is 16.8. The van der Waals surface area contributed by atoms with E-state index in [0.29, 0.717) is 47.5 Å². The van der Waals surface area contributed by atoms with Gasteiger partial charge in [-0.2, -0.15) is 5.10 Å². The van der Waals surface area contributed by atoms with E-state index in [4.69, 9.17) is 4.42 Å². The van der Waals surface area contributed by atoms with E-state index in [2.05, 4.69) is 10.5 Å². The number of benzene rings is 2. The third kappa shape index (κ3) is 4.20. The summed E-state index contributed by atoms with van der Waals surface area (Å²) >= 11 is 0. The van der Waals surface area contributed by atoms with E-state index in [1.165, 1.54) is 36.4 Å². The average Bonchev–Trinajstić information content (AvgIpc) is 3.19. The van der Waals surface area contributed by atoms with E-state index in [1.54, 1.807) is 11.0 Å². The number of nitrogens with one attached hydrogen (secondary N) is 1. The zero-order valence-corrected chi connectivity index (χ0v) is 19.6. The van der Waals surface area contributed by atoms with Crippen LogP contribution in [0, 0.1) is 12.7 Å². The molecule has 8 heteroatoms. The third-order valence-corrected chi connectivity index (χ3v) is 6.73. The summed E-state index contributed by atoms with van der Waals surface area (Å²) in [5, 5.41) is 13.8. The molecular formula is C27H26FN3O4. The van der Waals surface area contributed by atoms with Gasteiger partial charge in [-0.05, 0) is 87.6 Å². The summed E-state index contributed by atoms with van der Waals surface area (Å²) in [6.45, 7) is 3.81. The van der Waals surface area contributed by atoms with Crippen LogP contribution in [-0.4, -0.2) is 28.7 Å². The molecular weight excluding hydrogens is 449 g/mol. The van der Waals surface area contributed by atoms with Crippen LogP contribution in [0.2, 0.25) is 0 Å². The predicted molar refractivity (Wildman–Crippen MR) is 129 cm³/mol. The van der Waals surface area contributed by atoms with Crippen molar-refractivity contribution in [3.63, 3.8) is 0 Å². The van der Waals surface area contributed by atoms with Crippen molar-refractivity contribution in [1.29, 1.82) is 0 Å². The van der Waals surface area contributed by atoms with Crippen LogP contribution in [0.4, 0.5) is 10.1 Å². The Bertz CT molecular complexity index is 1340. The van der Waals surface area contributed by atoms with E-state index in [-0.39, 0.29) is 29.3 Å². The van der Waals surface area contributed by atoms with Crippen molar-refractivity contribution in [2.45, 2.75) is 52.0 Å². The molecule has 0 radical (unpaired) electrons. The molecule has 7 nitrogen and oxygen atoms in total. The number of hydrazone groups is 1. The number of carbonyl (C=O) groups excluding carboxylic acids is 2. The molecule has 1 aliphatic heterocycles. The summed E-state index contributed by atoms with van der Waals surface area (Å²) < 4.78 is 19.9. The maximum Gasteiger partial charge on any atom is 0.294 e. The van der Waals surface area contributed by atoms with Crippen molar-refractivity contribution in [3.8, 4) is 5.75 Å². The van der Waals surface area contributed by atoms with Crippen molar-refractivity contribution < 1.29 is 23.5 Å². The van der Waals surface area contributed by atoms with Gasteiger partial charge in [-0.1, -0.05) is 0 Å². The van der Waals surface area contributed by atoms with Gasteiger partial charge in [-0.3, -0.25) is 9.59 Å². The van der Waals surface area contributed by atoms with Crippen LogP contribution in [0.15, 0.2) is 52.0 Å². The number of nitrogens with zero attached hydrogens (tertiary/aromatic N) is 2. The fourth-order valence-corrected chi connectivity index (χ4v) is 4.92. The van der Waals surface area contributed by atoms with Crippen molar-refractivity contribution in [3.05, 3.63) is 82.1 Å². The lowest BCUT2D eigenvalue weighted by molar-refractivity contribution is 0.0941. The van der Waals surface area contributed by atoms with Gasteiger partial charge in [0.25, 0.3) is 11.8 Å². The Balaban J connectivity index is 1.45. The van der Waals surface area contributed by atoms with E-state index < -0.39 is 5.91 Å². The SMILES string of the molecule is Cc1c(C(=O)N2c3ccc(F)cc3CCC2C)oc2c1/C(=N/NC(=O)c1ccc(O)cc1)CCC2. The molecule has 5 rings (SSSR count). The predicted octanol–water partition coefficient (Wildman–Crippen LogP) is 4.88. The Hall–Kier alpha value is -3.94. The van der Waals surface area contributed by atoms with Gasteiger partial charge in [0, 0.05) is 34.8 Å². The standard InChI is InChI=1S/C27H26FN3O4/c1-15-6-7-18-14-19(28)10-13-22(18)31(15)27(34)25-16(2)24-21(4-3-5-23(24)35-25)29-30-26(33)17-8-11-20(32)12-9-17/h8-15,32H,3-7H2,1-2H3,(H,30,33)/b29-21+. The van der Waals surface area contributed by atoms with Crippen LogP contribution in [0.1, 0.15) is 69.5 Å². The number of phenolic OH excluding ortho intramolecular Hbond substituents is 1. The molecule has 0 bridgehead atoms. The second kappa shape index (κ2) is 9.02. The van der Waals surface area contributed by atoms with Gasteiger partial charge in [-0.15, -0.1) is 0 Å². The lowest BCUT2D eigenvalue weighted by Crippen LogP contribution is -2.42. The fraction of sp³-hybridized carbons (Fsp3) is 0.296. The molecule has 2 heterocycles.